The molecule has 0 saturated heterocycles. The first-order valence-corrected chi connectivity index (χ1v) is 5.67. The van der Waals surface area contributed by atoms with Crippen molar-refractivity contribution in [2.45, 2.75) is 33.2 Å². The average Bonchev–Trinajstić information content (AvgIpc) is 2.25. The Kier molecular flexibility index (Phi) is 2.59. The second-order valence-corrected chi connectivity index (χ2v) is 4.73. The van der Waals surface area contributed by atoms with Crippen molar-refractivity contribution in [2.24, 2.45) is 0 Å². The van der Waals surface area contributed by atoms with E-state index in [9.17, 15) is 0 Å². The molecule has 1 atom stereocenters. The highest BCUT2D eigenvalue weighted by Crippen LogP contribution is 2.33. The number of nitrogens with zero attached hydrogens (tertiary/aromatic N) is 1. The van der Waals surface area contributed by atoms with Crippen molar-refractivity contribution in [3.63, 3.8) is 0 Å². The molecule has 0 amide bonds. The van der Waals surface area contributed by atoms with Crippen LogP contribution in [0.2, 0.25) is 0 Å². The highest BCUT2D eigenvalue weighted by molar-refractivity contribution is 5.75. The Balaban J connectivity index is 2.52. The van der Waals surface area contributed by atoms with Crippen molar-refractivity contribution >= 4 is 11.4 Å². The molecule has 0 bridgehead atoms. The Morgan fingerprint density at radius 3 is 2.80 bits per heavy atom. The van der Waals surface area contributed by atoms with Gasteiger partial charge in [-0.15, -0.1) is 0 Å². The van der Waals surface area contributed by atoms with Gasteiger partial charge in [0.15, 0.2) is 0 Å². The van der Waals surface area contributed by atoms with E-state index in [4.69, 9.17) is 0 Å². The molecule has 1 aliphatic heterocycles. The molecule has 1 heterocycles. The first kappa shape index (κ1) is 10.3. The largest absolute Gasteiger partial charge is 0.381 e. The zero-order valence-corrected chi connectivity index (χ0v) is 10.1. The van der Waals surface area contributed by atoms with Gasteiger partial charge in [-0.1, -0.05) is 6.07 Å². The van der Waals surface area contributed by atoms with Crippen LogP contribution in [-0.4, -0.2) is 19.6 Å². The van der Waals surface area contributed by atoms with Crippen molar-refractivity contribution in [3.05, 3.63) is 23.3 Å². The molecule has 1 N–H and O–H groups in total. The summed E-state index contributed by atoms with van der Waals surface area (Å²) in [4.78, 5) is 2.36. The van der Waals surface area contributed by atoms with Gasteiger partial charge in [-0.3, -0.25) is 0 Å². The summed E-state index contributed by atoms with van der Waals surface area (Å²) in [7, 11) is 2.18. The number of nitrogens with one attached hydrogen (secondary N) is 1. The fourth-order valence-corrected chi connectivity index (χ4v) is 2.41. The van der Waals surface area contributed by atoms with Crippen LogP contribution in [0.1, 0.15) is 24.5 Å². The number of fused-ring (bicyclic) bond motifs is 1. The monoisotopic (exact) mass is 204 g/mol. The smallest absolute Gasteiger partial charge is 0.0629 e. The molecule has 2 heteroatoms. The standard InChI is InChI=1S/C13H20N2/c1-9-7-10(2)13-12(8-9)14-11(3)5-6-15(13)4/h7-8,11,14H,5-6H2,1-4H3. The van der Waals surface area contributed by atoms with Crippen LogP contribution in [0.4, 0.5) is 11.4 Å². The lowest BCUT2D eigenvalue weighted by Crippen LogP contribution is -2.20. The normalized spacial score (nSPS) is 20.5. The lowest BCUT2D eigenvalue weighted by molar-refractivity contribution is 0.711. The third-order valence-electron chi connectivity index (χ3n) is 3.13. The second-order valence-electron chi connectivity index (χ2n) is 4.73. The summed E-state index contributed by atoms with van der Waals surface area (Å²) in [5.41, 5.74) is 5.36. The Bertz CT molecular complexity index is 371. The molecule has 0 aliphatic carbocycles. The third-order valence-corrected chi connectivity index (χ3v) is 3.13. The van der Waals surface area contributed by atoms with Crippen LogP contribution in [0.5, 0.6) is 0 Å². The molecule has 82 valence electrons. The second kappa shape index (κ2) is 3.76. The van der Waals surface area contributed by atoms with E-state index in [0.717, 1.165) is 6.54 Å². The summed E-state index contributed by atoms with van der Waals surface area (Å²) < 4.78 is 0. The van der Waals surface area contributed by atoms with Crippen LogP contribution in [0.15, 0.2) is 12.1 Å². The van der Waals surface area contributed by atoms with E-state index in [1.54, 1.807) is 0 Å². The molecule has 15 heavy (non-hydrogen) atoms. The van der Waals surface area contributed by atoms with Crippen molar-refractivity contribution in [3.8, 4) is 0 Å². The fraction of sp³-hybridized carbons (Fsp3) is 0.538. The fourth-order valence-electron chi connectivity index (χ4n) is 2.41. The molecule has 1 aromatic carbocycles. The highest BCUT2D eigenvalue weighted by Gasteiger charge is 2.17. The average molecular weight is 204 g/mol. The Hall–Kier alpha value is -1.18. The summed E-state index contributed by atoms with van der Waals surface area (Å²) in [5, 5.41) is 3.59. The van der Waals surface area contributed by atoms with Gasteiger partial charge < -0.3 is 10.2 Å². The topological polar surface area (TPSA) is 15.3 Å². The first-order chi connectivity index (χ1) is 7.08. The van der Waals surface area contributed by atoms with Gasteiger partial charge in [-0.2, -0.15) is 0 Å². The van der Waals surface area contributed by atoms with Gasteiger partial charge in [-0.05, 0) is 44.4 Å². The summed E-state index contributed by atoms with van der Waals surface area (Å²) >= 11 is 0. The van der Waals surface area contributed by atoms with Gasteiger partial charge in [0.05, 0.1) is 11.4 Å². The molecular formula is C13H20N2. The zero-order valence-electron chi connectivity index (χ0n) is 10.1. The van der Waals surface area contributed by atoms with Gasteiger partial charge in [0.25, 0.3) is 0 Å². The van der Waals surface area contributed by atoms with E-state index >= 15 is 0 Å². The lowest BCUT2D eigenvalue weighted by Gasteiger charge is -2.21. The maximum Gasteiger partial charge on any atom is 0.0629 e. The van der Waals surface area contributed by atoms with Crippen LogP contribution in [0, 0.1) is 13.8 Å². The minimum Gasteiger partial charge on any atom is -0.381 e. The Morgan fingerprint density at radius 1 is 1.33 bits per heavy atom. The van der Waals surface area contributed by atoms with Gasteiger partial charge >= 0.3 is 0 Å². The predicted molar refractivity (Wildman–Crippen MR) is 66.9 cm³/mol. The molecule has 1 unspecified atom stereocenters. The van der Waals surface area contributed by atoms with Gasteiger partial charge in [0.2, 0.25) is 0 Å². The van der Waals surface area contributed by atoms with Crippen molar-refractivity contribution in [1.29, 1.82) is 0 Å². The van der Waals surface area contributed by atoms with Crippen molar-refractivity contribution in [1.82, 2.24) is 0 Å². The molecule has 1 aliphatic rings. The van der Waals surface area contributed by atoms with E-state index in [0.29, 0.717) is 6.04 Å². The van der Waals surface area contributed by atoms with E-state index in [-0.39, 0.29) is 0 Å². The molecule has 0 aromatic heterocycles. The molecule has 2 nitrogen and oxygen atoms in total. The number of benzene rings is 1. The van der Waals surface area contributed by atoms with Crippen LogP contribution in [-0.2, 0) is 0 Å². The van der Waals surface area contributed by atoms with E-state index in [2.05, 4.69) is 50.2 Å². The number of rotatable bonds is 0. The van der Waals surface area contributed by atoms with Crippen molar-refractivity contribution in [2.75, 3.05) is 23.8 Å². The molecule has 0 radical (unpaired) electrons. The number of hydrogen-bond donors (Lipinski definition) is 1. The number of anilines is 2. The molecule has 0 spiro atoms. The van der Waals surface area contributed by atoms with Crippen LogP contribution in [0.25, 0.3) is 0 Å². The molecule has 1 aromatic rings. The minimum atomic E-state index is 0.565. The maximum atomic E-state index is 3.59. The van der Waals surface area contributed by atoms with E-state index in [1.165, 1.54) is 28.9 Å². The lowest BCUT2D eigenvalue weighted by atomic mass is 10.1. The Morgan fingerprint density at radius 2 is 2.07 bits per heavy atom. The predicted octanol–water partition coefficient (Wildman–Crippen LogP) is 2.94. The van der Waals surface area contributed by atoms with Gasteiger partial charge in [-0.25, -0.2) is 0 Å². The third kappa shape index (κ3) is 1.94. The highest BCUT2D eigenvalue weighted by atomic mass is 15.1. The summed E-state index contributed by atoms with van der Waals surface area (Å²) in [6.45, 7) is 7.73. The van der Waals surface area contributed by atoms with Gasteiger partial charge in [0, 0.05) is 19.6 Å². The summed E-state index contributed by atoms with van der Waals surface area (Å²) in [6, 6.07) is 5.07. The SMILES string of the molecule is Cc1cc(C)c2c(c1)NC(C)CCN2C. The van der Waals surface area contributed by atoms with Crippen LogP contribution >= 0.6 is 0 Å². The maximum absolute atomic E-state index is 3.59. The van der Waals surface area contributed by atoms with Crippen LogP contribution < -0.4 is 10.2 Å². The molecule has 0 fully saturated rings. The summed E-state index contributed by atoms with van der Waals surface area (Å²) in [6.07, 6.45) is 1.20. The first-order valence-electron chi connectivity index (χ1n) is 5.67. The van der Waals surface area contributed by atoms with E-state index in [1.807, 2.05) is 0 Å². The molecule has 0 saturated carbocycles. The zero-order chi connectivity index (χ0) is 11.0. The molecule has 2 rings (SSSR count). The van der Waals surface area contributed by atoms with E-state index < -0.39 is 0 Å². The molecular weight excluding hydrogens is 184 g/mol. The van der Waals surface area contributed by atoms with Gasteiger partial charge in [0.1, 0.15) is 0 Å². The number of aryl methyl sites for hydroxylation is 2. The Labute approximate surface area is 92.3 Å². The van der Waals surface area contributed by atoms with Crippen LogP contribution in [0.3, 0.4) is 0 Å². The summed E-state index contributed by atoms with van der Waals surface area (Å²) in [5.74, 6) is 0. The number of hydrogen-bond acceptors (Lipinski definition) is 2. The minimum absolute atomic E-state index is 0.565. The quantitative estimate of drug-likeness (QED) is 0.699. The van der Waals surface area contributed by atoms with Crippen molar-refractivity contribution < 1.29 is 0 Å².